The second kappa shape index (κ2) is 5.58. The molecule has 0 spiro atoms. The fourth-order valence-corrected chi connectivity index (χ4v) is 3.79. The highest BCUT2D eigenvalue weighted by molar-refractivity contribution is 7.89. The number of hydrogen-bond donors (Lipinski definition) is 2. The van der Waals surface area contributed by atoms with E-state index in [1.807, 2.05) is 6.92 Å². The van der Waals surface area contributed by atoms with E-state index in [9.17, 15) is 8.42 Å². The van der Waals surface area contributed by atoms with Crippen molar-refractivity contribution in [1.29, 1.82) is 0 Å². The topological polar surface area (TPSA) is 83.6 Å². The number of sulfonamides is 1. The molecular formula is C13H20N2O3S. The number of rotatable bonds is 4. The van der Waals surface area contributed by atoms with E-state index in [0.29, 0.717) is 19.5 Å². The van der Waals surface area contributed by atoms with E-state index in [2.05, 4.69) is 0 Å². The van der Waals surface area contributed by atoms with Gasteiger partial charge in [-0.3, -0.25) is 0 Å². The summed E-state index contributed by atoms with van der Waals surface area (Å²) in [4.78, 5) is 0.287. The van der Waals surface area contributed by atoms with Crippen LogP contribution in [-0.4, -0.2) is 37.5 Å². The van der Waals surface area contributed by atoms with Gasteiger partial charge in [0.05, 0.1) is 4.90 Å². The van der Waals surface area contributed by atoms with Crippen LogP contribution in [0.25, 0.3) is 0 Å². The molecule has 2 rings (SSSR count). The van der Waals surface area contributed by atoms with Crippen LogP contribution < -0.4 is 5.73 Å². The molecule has 0 aliphatic carbocycles. The Balaban J connectivity index is 2.20. The molecule has 0 bridgehead atoms. The summed E-state index contributed by atoms with van der Waals surface area (Å²) >= 11 is 0. The molecule has 6 heteroatoms. The minimum atomic E-state index is -3.44. The first-order valence-corrected chi connectivity index (χ1v) is 7.85. The Morgan fingerprint density at radius 1 is 1.42 bits per heavy atom. The minimum absolute atomic E-state index is 0.0373. The van der Waals surface area contributed by atoms with E-state index in [-0.39, 0.29) is 23.5 Å². The zero-order chi connectivity index (χ0) is 14.0. The van der Waals surface area contributed by atoms with Gasteiger partial charge in [0, 0.05) is 25.7 Å². The molecule has 1 aromatic carbocycles. The summed E-state index contributed by atoms with van der Waals surface area (Å²) in [5.74, 6) is 0.0538. The second-order valence-corrected chi connectivity index (χ2v) is 7.00. The molecule has 19 heavy (non-hydrogen) atoms. The molecule has 106 valence electrons. The fraction of sp³-hybridized carbons (Fsp3) is 0.538. The van der Waals surface area contributed by atoms with Crippen LogP contribution in [0.3, 0.4) is 0 Å². The van der Waals surface area contributed by atoms with Gasteiger partial charge in [0.2, 0.25) is 10.0 Å². The standard InChI is InChI=1S/C13H20N2O3S/c1-10(14)12-2-4-13(5-3-12)19(17,18)15-7-6-11(8-15)9-16/h2-5,10-11,16H,6-9,14H2,1H3. The molecule has 1 aliphatic heterocycles. The summed E-state index contributed by atoms with van der Waals surface area (Å²) in [7, 11) is -3.44. The molecule has 2 atom stereocenters. The van der Waals surface area contributed by atoms with E-state index in [1.54, 1.807) is 24.3 Å². The molecule has 1 saturated heterocycles. The Labute approximate surface area is 114 Å². The van der Waals surface area contributed by atoms with E-state index in [1.165, 1.54) is 4.31 Å². The van der Waals surface area contributed by atoms with Gasteiger partial charge in [-0.05, 0) is 37.0 Å². The van der Waals surface area contributed by atoms with E-state index < -0.39 is 10.0 Å². The fourth-order valence-electron chi connectivity index (χ4n) is 2.26. The molecule has 1 fully saturated rings. The molecule has 2 unspecified atom stereocenters. The first-order chi connectivity index (χ1) is 8.95. The number of nitrogens with two attached hydrogens (primary N) is 1. The number of nitrogens with zero attached hydrogens (tertiary/aromatic N) is 1. The van der Waals surface area contributed by atoms with Crippen molar-refractivity contribution in [2.24, 2.45) is 11.7 Å². The van der Waals surface area contributed by atoms with Gasteiger partial charge in [0.15, 0.2) is 0 Å². The minimum Gasteiger partial charge on any atom is -0.396 e. The van der Waals surface area contributed by atoms with Crippen LogP contribution in [0.4, 0.5) is 0 Å². The molecule has 1 heterocycles. The predicted molar refractivity (Wildman–Crippen MR) is 73.0 cm³/mol. The van der Waals surface area contributed by atoms with Crippen molar-refractivity contribution in [3.63, 3.8) is 0 Å². The monoisotopic (exact) mass is 284 g/mol. The van der Waals surface area contributed by atoms with Crippen LogP contribution in [0, 0.1) is 5.92 Å². The molecule has 0 radical (unpaired) electrons. The summed E-state index contributed by atoms with van der Waals surface area (Å²) in [5.41, 5.74) is 6.65. The zero-order valence-corrected chi connectivity index (χ0v) is 11.8. The second-order valence-electron chi connectivity index (χ2n) is 5.06. The quantitative estimate of drug-likeness (QED) is 0.853. The lowest BCUT2D eigenvalue weighted by Gasteiger charge is -2.16. The van der Waals surface area contributed by atoms with E-state index in [0.717, 1.165) is 5.56 Å². The Hall–Kier alpha value is -0.950. The Bertz CT molecular complexity index is 525. The Morgan fingerprint density at radius 2 is 2.05 bits per heavy atom. The third-order valence-corrected chi connectivity index (χ3v) is 5.43. The van der Waals surface area contributed by atoms with Crippen LogP contribution in [0.15, 0.2) is 29.2 Å². The highest BCUT2D eigenvalue weighted by Gasteiger charge is 2.32. The molecule has 0 amide bonds. The van der Waals surface area contributed by atoms with Crippen molar-refractivity contribution in [2.45, 2.75) is 24.3 Å². The molecule has 1 aromatic rings. The number of benzene rings is 1. The van der Waals surface area contributed by atoms with Crippen LogP contribution in [0.5, 0.6) is 0 Å². The first-order valence-electron chi connectivity index (χ1n) is 6.41. The number of hydrogen-bond acceptors (Lipinski definition) is 4. The predicted octanol–water partition coefficient (Wildman–Crippen LogP) is 0.709. The number of aliphatic hydroxyl groups is 1. The van der Waals surface area contributed by atoms with Gasteiger partial charge in [-0.2, -0.15) is 4.31 Å². The lowest BCUT2D eigenvalue weighted by molar-refractivity contribution is 0.233. The molecular weight excluding hydrogens is 264 g/mol. The molecule has 0 aromatic heterocycles. The third-order valence-electron chi connectivity index (χ3n) is 3.55. The van der Waals surface area contributed by atoms with Crippen LogP contribution in [0.2, 0.25) is 0 Å². The highest BCUT2D eigenvalue weighted by atomic mass is 32.2. The SMILES string of the molecule is CC(N)c1ccc(S(=O)(=O)N2CCC(CO)C2)cc1. The van der Waals surface area contributed by atoms with Crippen molar-refractivity contribution in [2.75, 3.05) is 19.7 Å². The average Bonchev–Trinajstić information content (AvgIpc) is 2.88. The van der Waals surface area contributed by atoms with Crippen molar-refractivity contribution in [3.8, 4) is 0 Å². The molecule has 0 saturated carbocycles. The van der Waals surface area contributed by atoms with Gasteiger partial charge in [-0.15, -0.1) is 0 Å². The molecule has 3 N–H and O–H groups in total. The molecule has 5 nitrogen and oxygen atoms in total. The van der Waals surface area contributed by atoms with Crippen molar-refractivity contribution in [1.82, 2.24) is 4.31 Å². The van der Waals surface area contributed by atoms with Crippen molar-refractivity contribution >= 4 is 10.0 Å². The van der Waals surface area contributed by atoms with Crippen LogP contribution in [0.1, 0.15) is 24.9 Å². The largest absolute Gasteiger partial charge is 0.396 e. The summed E-state index contributed by atoms with van der Waals surface area (Å²) in [6.07, 6.45) is 0.716. The lowest BCUT2D eigenvalue weighted by Crippen LogP contribution is -2.29. The third kappa shape index (κ3) is 2.97. The van der Waals surface area contributed by atoms with Gasteiger partial charge in [-0.1, -0.05) is 12.1 Å². The number of aliphatic hydroxyl groups excluding tert-OH is 1. The van der Waals surface area contributed by atoms with E-state index in [4.69, 9.17) is 10.8 Å². The Kier molecular flexibility index (Phi) is 4.25. The van der Waals surface area contributed by atoms with Gasteiger partial charge in [0.25, 0.3) is 0 Å². The smallest absolute Gasteiger partial charge is 0.243 e. The van der Waals surface area contributed by atoms with Crippen LogP contribution >= 0.6 is 0 Å². The maximum atomic E-state index is 12.4. The summed E-state index contributed by atoms with van der Waals surface area (Å²) < 4.78 is 26.2. The summed E-state index contributed by atoms with van der Waals surface area (Å²) in [6.45, 7) is 2.77. The van der Waals surface area contributed by atoms with Gasteiger partial charge in [0.1, 0.15) is 0 Å². The zero-order valence-electron chi connectivity index (χ0n) is 11.0. The van der Waals surface area contributed by atoms with E-state index >= 15 is 0 Å². The maximum Gasteiger partial charge on any atom is 0.243 e. The van der Waals surface area contributed by atoms with Gasteiger partial charge >= 0.3 is 0 Å². The maximum absolute atomic E-state index is 12.4. The van der Waals surface area contributed by atoms with Crippen LogP contribution in [-0.2, 0) is 10.0 Å². The average molecular weight is 284 g/mol. The first kappa shape index (κ1) is 14.5. The van der Waals surface area contributed by atoms with Gasteiger partial charge < -0.3 is 10.8 Å². The normalized spacial score (nSPS) is 22.6. The summed E-state index contributed by atoms with van der Waals surface area (Å²) in [5, 5.41) is 9.08. The van der Waals surface area contributed by atoms with Crippen molar-refractivity contribution < 1.29 is 13.5 Å². The summed E-state index contributed by atoms with van der Waals surface area (Å²) in [6, 6.07) is 6.58. The highest BCUT2D eigenvalue weighted by Crippen LogP contribution is 2.24. The molecule has 1 aliphatic rings. The lowest BCUT2D eigenvalue weighted by atomic mass is 10.1. The van der Waals surface area contributed by atoms with Gasteiger partial charge in [-0.25, -0.2) is 8.42 Å². The Morgan fingerprint density at radius 3 is 2.53 bits per heavy atom. The van der Waals surface area contributed by atoms with Crippen molar-refractivity contribution in [3.05, 3.63) is 29.8 Å².